The van der Waals surface area contributed by atoms with Crippen molar-refractivity contribution in [3.8, 4) is 0 Å². The Balaban J connectivity index is 1.78. The van der Waals surface area contributed by atoms with Crippen LogP contribution in [0.25, 0.3) is 0 Å². The maximum atomic E-state index is 14.0. The van der Waals surface area contributed by atoms with E-state index in [9.17, 15) is 9.18 Å². The van der Waals surface area contributed by atoms with Gasteiger partial charge in [-0.2, -0.15) is 0 Å². The quantitative estimate of drug-likeness (QED) is 0.805. The SMILES string of the molecule is O=C(Nc1cccc(Br)c1)N1CCSC1c1ccccc1F. The Morgan fingerprint density at radius 1 is 1.27 bits per heavy atom. The third-order valence-electron chi connectivity index (χ3n) is 3.40. The highest BCUT2D eigenvalue weighted by molar-refractivity contribution is 9.10. The highest BCUT2D eigenvalue weighted by Gasteiger charge is 2.32. The summed E-state index contributed by atoms with van der Waals surface area (Å²) in [7, 11) is 0. The minimum Gasteiger partial charge on any atom is -0.308 e. The third kappa shape index (κ3) is 3.28. The molecule has 0 aliphatic carbocycles. The van der Waals surface area contributed by atoms with Gasteiger partial charge in [0.2, 0.25) is 0 Å². The fraction of sp³-hybridized carbons (Fsp3) is 0.188. The van der Waals surface area contributed by atoms with Gasteiger partial charge >= 0.3 is 6.03 Å². The van der Waals surface area contributed by atoms with E-state index in [2.05, 4.69) is 21.2 Å². The van der Waals surface area contributed by atoms with E-state index in [1.54, 1.807) is 34.9 Å². The monoisotopic (exact) mass is 380 g/mol. The number of benzene rings is 2. The average Bonchev–Trinajstić information content (AvgIpc) is 2.97. The van der Waals surface area contributed by atoms with E-state index >= 15 is 0 Å². The van der Waals surface area contributed by atoms with Crippen molar-refractivity contribution in [2.75, 3.05) is 17.6 Å². The Bertz CT molecular complexity index is 697. The normalized spacial score (nSPS) is 17.5. The van der Waals surface area contributed by atoms with Crippen LogP contribution in [0.5, 0.6) is 0 Å². The summed E-state index contributed by atoms with van der Waals surface area (Å²) in [6, 6.07) is 13.8. The lowest BCUT2D eigenvalue weighted by atomic mass is 10.2. The Kier molecular flexibility index (Phi) is 4.69. The molecule has 2 aromatic rings. The van der Waals surface area contributed by atoms with Crippen LogP contribution in [0.3, 0.4) is 0 Å². The van der Waals surface area contributed by atoms with Crippen LogP contribution in [-0.2, 0) is 0 Å². The van der Waals surface area contributed by atoms with Gasteiger partial charge in [0, 0.05) is 28.0 Å². The smallest absolute Gasteiger partial charge is 0.308 e. The minimum atomic E-state index is -0.284. The molecule has 6 heteroatoms. The average molecular weight is 381 g/mol. The van der Waals surface area contributed by atoms with E-state index in [1.165, 1.54) is 6.07 Å². The second kappa shape index (κ2) is 6.71. The zero-order valence-electron chi connectivity index (χ0n) is 11.6. The molecule has 1 heterocycles. The van der Waals surface area contributed by atoms with Gasteiger partial charge in [0.1, 0.15) is 11.2 Å². The van der Waals surface area contributed by atoms with Crippen molar-refractivity contribution in [3.63, 3.8) is 0 Å². The summed E-state index contributed by atoms with van der Waals surface area (Å²) in [5.74, 6) is 0.521. The molecule has 3 nitrogen and oxygen atoms in total. The third-order valence-corrected chi connectivity index (χ3v) is 5.13. The lowest BCUT2D eigenvalue weighted by molar-refractivity contribution is 0.213. The van der Waals surface area contributed by atoms with Crippen LogP contribution in [-0.4, -0.2) is 23.2 Å². The molecule has 22 heavy (non-hydrogen) atoms. The first-order chi connectivity index (χ1) is 10.6. The molecule has 1 atom stereocenters. The summed E-state index contributed by atoms with van der Waals surface area (Å²) in [6.45, 7) is 0.601. The molecule has 2 aromatic carbocycles. The zero-order chi connectivity index (χ0) is 15.5. The standard InChI is InChI=1S/C16H14BrFN2OS/c17-11-4-3-5-12(10-11)19-16(21)20-8-9-22-15(20)13-6-1-2-7-14(13)18/h1-7,10,15H,8-9H2,(H,19,21). The van der Waals surface area contributed by atoms with Gasteiger partial charge < -0.3 is 10.2 Å². The summed E-state index contributed by atoms with van der Waals surface area (Å²) >= 11 is 4.95. The number of nitrogens with zero attached hydrogens (tertiary/aromatic N) is 1. The summed E-state index contributed by atoms with van der Waals surface area (Å²) in [5, 5.41) is 2.58. The minimum absolute atomic E-state index is 0.212. The number of thioether (sulfide) groups is 1. The fourth-order valence-corrected chi connectivity index (χ4v) is 4.05. The number of anilines is 1. The van der Waals surface area contributed by atoms with Gasteiger partial charge in [0.25, 0.3) is 0 Å². The molecule has 1 aliphatic heterocycles. The van der Waals surface area contributed by atoms with Crippen LogP contribution < -0.4 is 5.32 Å². The van der Waals surface area contributed by atoms with E-state index < -0.39 is 0 Å². The van der Waals surface area contributed by atoms with Gasteiger partial charge in [0.15, 0.2) is 0 Å². The molecule has 1 N–H and O–H groups in total. The van der Waals surface area contributed by atoms with Crippen molar-refractivity contribution in [1.29, 1.82) is 0 Å². The van der Waals surface area contributed by atoms with Gasteiger partial charge in [-0.05, 0) is 24.3 Å². The van der Waals surface area contributed by atoms with Crippen molar-refractivity contribution >= 4 is 39.4 Å². The highest BCUT2D eigenvalue weighted by Crippen LogP contribution is 2.39. The van der Waals surface area contributed by atoms with Crippen molar-refractivity contribution in [1.82, 2.24) is 4.90 Å². The zero-order valence-corrected chi connectivity index (χ0v) is 14.0. The molecular formula is C16H14BrFN2OS. The number of urea groups is 1. The second-order valence-electron chi connectivity index (χ2n) is 4.88. The number of rotatable bonds is 2. The fourth-order valence-electron chi connectivity index (χ4n) is 2.37. The van der Waals surface area contributed by atoms with Crippen LogP contribution >= 0.6 is 27.7 Å². The summed E-state index contributed by atoms with van der Waals surface area (Å²) in [4.78, 5) is 14.2. The Hall–Kier alpha value is -1.53. The first-order valence-electron chi connectivity index (χ1n) is 6.84. The van der Waals surface area contributed by atoms with Crippen molar-refractivity contribution in [3.05, 3.63) is 64.4 Å². The van der Waals surface area contributed by atoms with E-state index in [4.69, 9.17) is 0 Å². The number of hydrogen-bond donors (Lipinski definition) is 1. The molecule has 2 amide bonds. The van der Waals surface area contributed by atoms with E-state index in [-0.39, 0.29) is 17.2 Å². The molecule has 1 aliphatic rings. The predicted molar refractivity (Wildman–Crippen MR) is 91.5 cm³/mol. The highest BCUT2D eigenvalue weighted by atomic mass is 79.9. The van der Waals surface area contributed by atoms with Gasteiger partial charge in [0.05, 0.1) is 0 Å². The molecule has 1 saturated heterocycles. The van der Waals surface area contributed by atoms with Gasteiger partial charge in [-0.15, -0.1) is 11.8 Å². The van der Waals surface area contributed by atoms with Gasteiger partial charge in [-0.1, -0.05) is 40.2 Å². The number of nitrogens with one attached hydrogen (secondary N) is 1. The first kappa shape index (κ1) is 15.4. The number of halogens is 2. The summed E-state index contributed by atoms with van der Waals surface area (Å²) in [5.41, 5.74) is 1.26. The van der Waals surface area contributed by atoms with Crippen molar-refractivity contribution in [2.24, 2.45) is 0 Å². The van der Waals surface area contributed by atoms with Crippen molar-refractivity contribution in [2.45, 2.75) is 5.37 Å². The predicted octanol–water partition coefficient (Wildman–Crippen LogP) is 4.87. The van der Waals surface area contributed by atoms with E-state index in [0.29, 0.717) is 17.8 Å². The summed E-state index contributed by atoms with van der Waals surface area (Å²) in [6.07, 6.45) is 0. The first-order valence-corrected chi connectivity index (χ1v) is 8.68. The Morgan fingerprint density at radius 3 is 2.86 bits per heavy atom. The molecule has 0 spiro atoms. The van der Waals surface area contributed by atoms with Crippen LogP contribution in [0.15, 0.2) is 53.0 Å². The Labute approximate surface area is 141 Å². The maximum absolute atomic E-state index is 14.0. The van der Waals surface area contributed by atoms with Crippen LogP contribution in [0.2, 0.25) is 0 Å². The number of hydrogen-bond acceptors (Lipinski definition) is 2. The number of carbonyl (C=O) groups is 1. The molecule has 114 valence electrons. The lowest BCUT2D eigenvalue weighted by Gasteiger charge is -2.24. The van der Waals surface area contributed by atoms with Gasteiger partial charge in [-0.25, -0.2) is 9.18 Å². The number of amides is 2. The Morgan fingerprint density at radius 2 is 2.09 bits per heavy atom. The van der Waals surface area contributed by atoms with Crippen LogP contribution in [0.4, 0.5) is 14.9 Å². The molecule has 0 aromatic heterocycles. The largest absolute Gasteiger partial charge is 0.323 e. The molecule has 0 saturated carbocycles. The molecule has 0 bridgehead atoms. The molecule has 1 unspecified atom stereocenters. The van der Waals surface area contributed by atoms with E-state index in [0.717, 1.165) is 10.2 Å². The molecule has 1 fully saturated rings. The van der Waals surface area contributed by atoms with E-state index in [1.807, 2.05) is 24.3 Å². The molecule has 3 rings (SSSR count). The maximum Gasteiger partial charge on any atom is 0.323 e. The van der Waals surface area contributed by atoms with Crippen LogP contribution in [0.1, 0.15) is 10.9 Å². The molecule has 0 radical (unpaired) electrons. The summed E-state index contributed by atoms with van der Waals surface area (Å²) < 4.78 is 14.9. The topological polar surface area (TPSA) is 32.3 Å². The van der Waals surface area contributed by atoms with Crippen LogP contribution in [0, 0.1) is 5.82 Å². The second-order valence-corrected chi connectivity index (χ2v) is 6.98. The lowest BCUT2D eigenvalue weighted by Crippen LogP contribution is -2.34. The number of carbonyl (C=O) groups excluding carboxylic acids is 1. The molecular weight excluding hydrogens is 367 g/mol. The van der Waals surface area contributed by atoms with Crippen molar-refractivity contribution < 1.29 is 9.18 Å². The van der Waals surface area contributed by atoms with Gasteiger partial charge in [-0.3, -0.25) is 0 Å².